The van der Waals surface area contributed by atoms with Crippen LogP contribution in [0.5, 0.6) is 5.75 Å². The molecule has 0 aliphatic carbocycles. The molecule has 1 aromatic rings. The predicted molar refractivity (Wildman–Crippen MR) is 126 cm³/mol. The number of amides is 1. The van der Waals surface area contributed by atoms with E-state index in [1.807, 2.05) is 11.8 Å². The van der Waals surface area contributed by atoms with Crippen molar-refractivity contribution in [1.29, 1.82) is 0 Å². The summed E-state index contributed by atoms with van der Waals surface area (Å²) in [6.07, 6.45) is 0.247. The number of rotatable bonds is 9. The second-order valence-corrected chi connectivity index (χ2v) is 7.22. The van der Waals surface area contributed by atoms with Crippen molar-refractivity contribution in [3.05, 3.63) is 29.8 Å². The van der Waals surface area contributed by atoms with Crippen molar-refractivity contribution < 1.29 is 22.7 Å². The lowest BCUT2D eigenvalue weighted by Crippen LogP contribution is -2.39. The number of benzene rings is 1. The Labute approximate surface area is 199 Å². The van der Waals surface area contributed by atoms with Crippen LogP contribution in [0.2, 0.25) is 0 Å². The van der Waals surface area contributed by atoms with Crippen LogP contribution in [0.25, 0.3) is 0 Å². The fraction of sp³-hybridized carbons (Fsp3) is 0.619. The first kappa shape index (κ1) is 27.3. The zero-order valence-electron chi connectivity index (χ0n) is 17.8. The van der Waals surface area contributed by atoms with E-state index in [0.717, 1.165) is 44.3 Å². The van der Waals surface area contributed by atoms with Crippen molar-refractivity contribution in [2.24, 2.45) is 4.99 Å². The molecule has 1 saturated heterocycles. The Hall–Kier alpha value is -1.72. The molecule has 1 amide bonds. The molecule has 2 N–H and O–H groups in total. The van der Waals surface area contributed by atoms with Gasteiger partial charge in [0, 0.05) is 32.6 Å². The summed E-state index contributed by atoms with van der Waals surface area (Å²) in [5.41, 5.74) is 0.752. The van der Waals surface area contributed by atoms with E-state index in [9.17, 15) is 18.0 Å². The van der Waals surface area contributed by atoms with Crippen LogP contribution in [0.15, 0.2) is 29.3 Å². The summed E-state index contributed by atoms with van der Waals surface area (Å²) in [5, 5.41) is 6.39. The Morgan fingerprint density at radius 2 is 2.03 bits per heavy atom. The van der Waals surface area contributed by atoms with Gasteiger partial charge in [-0.15, -0.1) is 24.0 Å². The van der Waals surface area contributed by atoms with E-state index in [-0.39, 0.29) is 35.6 Å². The van der Waals surface area contributed by atoms with Gasteiger partial charge in [-0.2, -0.15) is 13.2 Å². The largest absolute Gasteiger partial charge is 0.484 e. The van der Waals surface area contributed by atoms with E-state index < -0.39 is 12.8 Å². The van der Waals surface area contributed by atoms with Crippen molar-refractivity contribution in [3.63, 3.8) is 0 Å². The van der Waals surface area contributed by atoms with Crippen molar-refractivity contribution in [3.8, 4) is 5.75 Å². The number of carbonyl (C=O) groups excluding carboxylic acids is 1. The molecule has 1 heterocycles. The fourth-order valence-electron chi connectivity index (χ4n) is 3.16. The number of hydrogen-bond donors (Lipinski definition) is 2. The Morgan fingerprint density at radius 1 is 1.23 bits per heavy atom. The molecule has 0 aromatic heterocycles. The van der Waals surface area contributed by atoms with E-state index in [0.29, 0.717) is 32.0 Å². The summed E-state index contributed by atoms with van der Waals surface area (Å²) in [6.45, 7) is 3.87. The SMILES string of the molecule is CCNC(=NCc1cccc(OCC(F)(F)F)c1)NCCCN1CCCCCC1=O.I. The summed E-state index contributed by atoms with van der Waals surface area (Å²) in [6, 6.07) is 6.49. The molecule has 1 aromatic carbocycles. The molecular formula is C21H32F3IN4O2. The minimum Gasteiger partial charge on any atom is -0.484 e. The lowest BCUT2D eigenvalue weighted by molar-refractivity contribution is -0.153. The van der Waals surface area contributed by atoms with Crippen LogP contribution in [0, 0.1) is 0 Å². The molecule has 1 aliphatic heterocycles. The number of halogens is 4. The van der Waals surface area contributed by atoms with Crippen LogP contribution < -0.4 is 15.4 Å². The molecule has 0 atom stereocenters. The summed E-state index contributed by atoms with van der Waals surface area (Å²) in [7, 11) is 0. The quantitative estimate of drug-likeness (QED) is 0.208. The molecule has 6 nitrogen and oxygen atoms in total. The first-order valence-electron chi connectivity index (χ1n) is 10.5. The van der Waals surface area contributed by atoms with Gasteiger partial charge in [0.15, 0.2) is 12.6 Å². The topological polar surface area (TPSA) is 66.0 Å². The van der Waals surface area contributed by atoms with Crippen molar-refractivity contribution in [2.45, 2.75) is 51.7 Å². The highest BCUT2D eigenvalue weighted by atomic mass is 127. The number of aliphatic imine (C=N–C) groups is 1. The molecule has 1 aliphatic rings. The van der Waals surface area contributed by atoms with Crippen LogP contribution in [-0.4, -0.2) is 55.7 Å². The Morgan fingerprint density at radius 3 is 2.77 bits per heavy atom. The maximum absolute atomic E-state index is 12.3. The highest BCUT2D eigenvalue weighted by molar-refractivity contribution is 14.0. The Kier molecular flexibility index (Phi) is 12.7. The van der Waals surface area contributed by atoms with Crippen LogP contribution in [0.1, 0.15) is 44.6 Å². The molecule has 0 saturated carbocycles. The van der Waals surface area contributed by atoms with Crippen LogP contribution in [-0.2, 0) is 11.3 Å². The maximum Gasteiger partial charge on any atom is 0.422 e. The molecule has 2 rings (SSSR count). The third kappa shape index (κ3) is 11.5. The van der Waals surface area contributed by atoms with E-state index in [4.69, 9.17) is 4.74 Å². The highest BCUT2D eigenvalue weighted by Crippen LogP contribution is 2.19. The molecule has 31 heavy (non-hydrogen) atoms. The first-order valence-corrected chi connectivity index (χ1v) is 10.5. The summed E-state index contributed by atoms with van der Waals surface area (Å²) < 4.78 is 41.7. The van der Waals surface area contributed by atoms with E-state index in [2.05, 4.69) is 15.6 Å². The van der Waals surface area contributed by atoms with Gasteiger partial charge in [-0.3, -0.25) is 4.79 Å². The van der Waals surface area contributed by atoms with Gasteiger partial charge in [-0.25, -0.2) is 4.99 Å². The number of ether oxygens (including phenoxy) is 1. The van der Waals surface area contributed by atoms with Crippen LogP contribution in [0.4, 0.5) is 13.2 Å². The second kappa shape index (κ2) is 14.4. The second-order valence-electron chi connectivity index (χ2n) is 7.22. The molecule has 0 radical (unpaired) electrons. The van der Waals surface area contributed by atoms with Gasteiger partial charge in [-0.1, -0.05) is 18.6 Å². The predicted octanol–water partition coefficient (Wildman–Crippen LogP) is 4.09. The third-order valence-electron chi connectivity index (χ3n) is 4.63. The zero-order chi connectivity index (χ0) is 21.8. The average molecular weight is 556 g/mol. The lowest BCUT2D eigenvalue weighted by Gasteiger charge is -2.20. The summed E-state index contributed by atoms with van der Waals surface area (Å²) in [4.78, 5) is 18.4. The average Bonchev–Trinajstić information content (AvgIpc) is 2.91. The summed E-state index contributed by atoms with van der Waals surface area (Å²) >= 11 is 0. The molecule has 0 spiro atoms. The monoisotopic (exact) mass is 556 g/mol. The standard InChI is InChI=1S/C21H31F3N4O2.HI/c1-2-25-20(26-11-7-13-28-12-5-3-4-10-19(28)29)27-15-17-8-6-9-18(14-17)30-16-21(22,23)24;/h6,8-9,14H,2-5,7,10-13,15-16H2,1H3,(H2,25,26,27);1H. The van der Waals surface area contributed by atoms with Gasteiger partial charge in [0.1, 0.15) is 5.75 Å². The normalized spacial score (nSPS) is 15.2. The first-order chi connectivity index (χ1) is 14.4. The molecule has 10 heteroatoms. The van der Waals surface area contributed by atoms with Crippen molar-refractivity contribution in [1.82, 2.24) is 15.5 Å². The minimum atomic E-state index is -4.37. The van der Waals surface area contributed by atoms with Gasteiger partial charge in [-0.05, 0) is 43.9 Å². The highest BCUT2D eigenvalue weighted by Gasteiger charge is 2.28. The summed E-state index contributed by atoms with van der Waals surface area (Å²) in [5.74, 6) is 1.03. The van der Waals surface area contributed by atoms with Crippen LogP contribution in [0.3, 0.4) is 0 Å². The number of hydrogen-bond acceptors (Lipinski definition) is 3. The molecule has 0 bridgehead atoms. The minimum absolute atomic E-state index is 0. The van der Waals surface area contributed by atoms with Gasteiger partial charge in [0.05, 0.1) is 6.54 Å². The molecule has 1 fully saturated rings. The fourth-order valence-corrected chi connectivity index (χ4v) is 3.16. The number of guanidine groups is 1. The molecule has 0 unspecified atom stereocenters. The number of alkyl halides is 3. The van der Waals surface area contributed by atoms with Crippen molar-refractivity contribution in [2.75, 3.05) is 32.8 Å². The lowest BCUT2D eigenvalue weighted by atomic mass is 10.2. The zero-order valence-corrected chi connectivity index (χ0v) is 20.2. The number of nitrogens with one attached hydrogen (secondary N) is 2. The van der Waals surface area contributed by atoms with Crippen LogP contribution >= 0.6 is 24.0 Å². The van der Waals surface area contributed by atoms with Gasteiger partial charge < -0.3 is 20.3 Å². The molecule has 176 valence electrons. The van der Waals surface area contributed by atoms with Crippen molar-refractivity contribution >= 4 is 35.8 Å². The Bertz CT molecular complexity index is 701. The number of likely N-dealkylation sites (tertiary alicyclic amines) is 1. The van der Waals surface area contributed by atoms with Gasteiger partial charge in [0.25, 0.3) is 0 Å². The molecular weight excluding hydrogens is 524 g/mol. The van der Waals surface area contributed by atoms with Gasteiger partial charge >= 0.3 is 6.18 Å². The number of carbonyl (C=O) groups is 1. The van der Waals surface area contributed by atoms with Gasteiger partial charge in [0.2, 0.25) is 5.91 Å². The number of nitrogens with zero attached hydrogens (tertiary/aromatic N) is 2. The maximum atomic E-state index is 12.3. The third-order valence-corrected chi connectivity index (χ3v) is 4.63. The van der Waals surface area contributed by atoms with E-state index in [1.54, 1.807) is 18.2 Å². The van der Waals surface area contributed by atoms with E-state index in [1.165, 1.54) is 6.07 Å². The smallest absolute Gasteiger partial charge is 0.422 e. The van der Waals surface area contributed by atoms with E-state index >= 15 is 0 Å². The Balaban J connectivity index is 0.00000480.